The molecule has 0 unspecified atom stereocenters. The zero-order chi connectivity index (χ0) is 22.6. The van der Waals surface area contributed by atoms with Crippen molar-refractivity contribution >= 4 is 38.2 Å². The lowest BCUT2D eigenvalue weighted by atomic mass is 10.1. The smallest absolute Gasteiger partial charge is 0.341 e. The lowest BCUT2D eigenvalue weighted by molar-refractivity contribution is -0.121. The quantitative estimate of drug-likeness (QED) is 0.511. The lowest BCUT2D eigenvalue weighted by Crippen LogP contribution is -2.34. The van der Waals surface area contributed by atoms with E-state index in [0.29, 0.717) is 12.2 Å². The van der Waals surface area contributed by atoms with E-state index in [2.05, 4.69) is 0 Å². The van der Waals surface area contributed by atoms with Gasteiger partial charge in [-0.15, -0.1) is 0 Å². The summed E-state index contributed by atoms with van der Waals surface area (Å²) in [5.41, 5.74) is 0.623. The Hall–Kier alpha value is -3.33. The standard InChI is InChI=1S/C22H19F2NO5S/c1-2-25(19-9-5-7-15-6-3-4-8-18(15)19)20(26)14-30-21(27)16-10-12-17(13-11-16)31(28,29)22(23)24/h3-13,22H,2,14H2,1H3. The van der Waals surface area contributed by atoms with Crippen LogP contribution in [0.2, 0.25) is 0 Å². The summed E-state index contributed by atoms with van der Waals surface area (Å²) in [6.45, 7) is 1.61. The summed E-state index contributed by atoms with van der Waals surface area (Å²) >= 11 is 0. The summed E-state index contributed by atoms with van der Waals surface area (Å²) in [5.74, 6) is -4.87. The molecule has 0 aliphatic carbocycles. The molecule has 0 saturated carbocycles. The van der Waals surface area contributed by atoms with Gasteiger partial charge in [0.1, 0.15) is 0 Å². The minimum atomic E-state index is -4.75. The third-order valence-electron chi connectivity index (χ3n) is 4.65. The number of nitrogens with zero attached hydrogens (tertiary/aromatic N) is 1. The number of carbonyl (C=O) groups is 2. The molecule has 31 heavy (non-hydrogen) atoms. The molecule has 0 aromatic heterocycles. The molecular formula is C22H19F2NO5S. The highest BCUT2D eigenvalue weighted by Crippen LogP contribution is 2.27. The fourth-order valence-electron chi connectivity index (χ4n) is 3.10. The zero-order valence-corrected chi connectivity index (χ0v) is 17.3. The van der Waals surface area contributed by atoms with Gasteiger partial charge in [0.05, 0.1) is 16.1 Å². The van der Waals surface area contributed by atoms with E-state index in [9.17, 15) is 26.8 Å². The molecule has 0 radical (unpaired) electrons. The van der Waals surface area contributed by atoms with Gasteiger partial charge in [-0.05, 0) is 42.6 Å². The zero-order valence-electron chi connectivity index (χ0n) is 16.5. The molecule has 0 aliphatic heterocycles. The SMILES string of the molecule is CCN(C(=O)COC(=O)c1ccc(S(=O)(=O)C(F)F)cc1)c1cccc2ccccc12. The van der Waals surface area contributed by atoms with E-state index >= 15 is 0 Å². The van der Waals surface area contributed by atoms with Crippen molar-refractivity contribution in [3.63, 3.8) is 0 Å². The molecule has 0 N–H and O–H groups in total. The summed E-state index contributed by atoms with van der Waals surface area (Å²) in [4.78, 5) is 25.8. The Bertz CT molecular complexity index is 1200. The first-order valence-electron chi connectivity index (χ1n) is 9.33. The molecule has 6 nitrogen and oxygen atoms in total. The number of anilines is 1. The Morgan fingerprint density at radius 1 is 0.968 bits per heavy atom. The maximum atomic E-state index is 12.7. The van der Waals surface area contributed by atoms with Crippen LogP contribution in [0.4, 0.5) is 14.5 Å². The van der Waals surface area contributed by atoms with Crippen LogP contribution < -0.4 is 4.90 Å². The van der Waals surface area contributed by atoms with E-state index in [0.717, 1.165) is 35.0 Å². The highest BCUT2D eigenvalue weighted by molar-refractivity contribution is 7.91. The molecule has 0 heterocycles. The summed E-state index contributed by atoms with van der Waals surface area (Å²) in [7, 11) is -4.75. The number of hydrogen-bond acceptors (Lipinski definition) is 5. The van der Waals surface area contributed by atoms with Crippen molar-refractivity contribution in [2.24, 2.45) is 0 Å². The van der Waals surface area contributed by atoms with E-state index in [1.165, 1.54) is 4.90 Å². The molecule has 0 saturated heterocycles. The van der Waals surface area contributed by atoms with Gasteiger partial charge in [-0.1, -0.05) is 36.4 Å². The minimum absolute atomic E-state index is 0.0609. The summed E-state index contributed by atoms with van der Waals surface area (Å²) in [5, 5.41) is 1.84. The number of amides is 1. The molecule has 0 fully saturated rings. The second-order valence-corrected chi connectivity index (χ2v) is 8.46. The monoisotopic (exact) mass is 447 g/mol. The number of esters is 1. The molecule has 9 heteroatoms. The maximum Gasteiger partial charge on any atom is 0.341 e. The van der Waals surface area contributed by atoms with Crippen LogP contribution in [0.15, 0.2) is 71.6 Å². The molecular weight excluding hydrogens is 428 g/mol. The predicted molar refractivity (Wildman–Crippen MR) is 112 cm³/mol. The van der Waals surface area contributed by atoms with Gasteiger partial charge in [0.15, 0.2) is 6.61 Å². The molecule has 3 aromatic carbocycles. The summed E-state index contributed by atoms with van der Waals surface area (Å²) in [6, 6.07) is 17.0. The van der Waals surface area contributed by atoms with E-state index in [1.54, 1.807) is 13.0 Å². The highest BCUT2D eigenvalue weighted by atomic mass is 32.2. The number of alkyl halides is 2. The Morgan fingerprint density at radius 3 is 2.26 bits per heavy atom. The minimum Gasteiger partial charge on any atom is -0.452 e. The average Bonchev–Trinajstić information content (AvgIpc) is 2.78. The number of sulfone groups is 1. The van der Waals surface area contributed by atoms with Crippen LogP contribution in [0.3, 0.4) is 0 Å². The Kier molecular flexibility index (Phi) is 6.65. The summed E-state index contributed by atoms with van der Waals surface area (Å²) in [6.07, 6.45) is 0. The van der Waals surface area contributed by atoms with Crippen LogP contribution in [-0.2, 0) is 19.4 Å². The molecule has 3 aromatic rings. The largest absolute Gasteiger partial charge is 0.452 e. The van der Waals surface area contributed by atoms with Gasteiger partial charge in [0, 0.05) is 11.9 Å². The van der Waals surface area contributed by atoms with Crippen LogP contribution in [0.5, 0.6) is 0 Å². The van der Waals surface area contributed by atoms with E-state index < -0.39 is 39.0 Å². The molecule has 1 amide bonds. The maximum absolute atomic E-state index is 12.7. The van der Waals surface area contributed by atoms with Crippen molar-refractivity contribution in [1.82, 2.24) is 0 Å². The van der Waals surface area contributed by atoms with Gasteiger partial charge in [-0.25, -0.2) is 13.2 Å². The summed E-state index contributed by atoms with van der Waals surface area (Å²) < 4.78 is 53.1. The van der Waals surface area contributed by atoms with Gasteiger partial charge in [0.25, 0.3) is 5.91 Å². The average molecular weight is 447 g/mol. The first-order valence-corrected chi connectivity index (χ1v) is 10.9. The van der Waals surface area contributed by atoms with Crippen molar-refractivity contribution in [3.05, 3.63) is 72.3 Å². The highest BCUT2D eigenvalue weighted by Gasteiger charge is 2.26. The van der Waals surface area contributed by atoms with Gasteiger partial charge < -0.3 is 9.64 Å². The van der Waals surface area contributed by atoms with Crippen LogP contribution in [-0.4, -0.2) is 39.2 Å². The third kappa shape index (κ3) is 4.72. The van der Waals surface area contributed by atoms with E-state index in [-0.39, 0.29) is 5.56 Å². The number of hydrogen-bond donors (Lipinski definition) is 0. The van der Waals surface area contributed by atoms with Gasteiger partial charge in [-0.2, -0.15) is 8.78 Å². The van der Waals surface area contributed by atoms with Crippen molar-refractivity contribution < 1.29 is 31.5 Å². The Labute approximate surface area is 178 Å². The molecule has 0 aliphatic rings. The molecule has 0 bridgehead atoms. The van der Waals surface area contributed by atoms with E-state index in [1.807, 2.05) is 36.4 Å². The Balaban J connectivity index is 1.71. The fourth-order valence-corrected chi connectivity index (χ4v) is 3.82. The van der Waals surface area contributed by atoms with Crippen molar-refractivity contribution in [1.29, 1.82) is 0 Å². The van der Waals surface area contributed by atoms with Gasteiger partial charge >= 0.3 is 11.7 Å². The fraction of sp³-hybridized carbons (Fsp3) is 0.182. The lowest BCUT2D eigenvalue weighted by Gasteiger charge is -2.22. The Morgan fingerprint density at radius 2 is 1.61 bits per heavy atom. The number of halogens is 2. The molecule has 0 atom stereocenters. The van der Waals surface area contributed by atoms with Crippen molar-refractivity contribution in [3.8, 4) is 0 Å². The predicted octanol–water partition coefficient (Wildman–Crippen LogP) is 4.05. The van der Waals surface area contributed by atoms with Crippen molar-refractivity contribution in [2.75, 3.05) is 18.1 Å². The number of carbonyl (C=O) groups excluding carboxylic acids is 2. The topological polar surface area (TPSA) is 80.8 Å². The van der Waals surface area contributed by atoms with Gasteiger partial charge in [0.2, 0.25) is 9.84 Å². The number of benzene rings is 3. The van der Waals surface area contributed by atoms with Crippen LogP contribution in [0.25, 0.3) is 10.8 Å². The first-order chi connectivity index (χ1) is 14.8. The normalized spacial score (nSPS) is 11.5. The number of rotatable bonds is 7. The van der Waals surface area contributed by atoms with Gasteiger partial charge in [-0.3, -0.25) is 4.79 Å². The van der Waals surface area contributed by atoms with Crippen LogP contribution in [0, 0.1) is 0 Å². The van der Waals surface area contributed by atoms with Crippen LogP contribution in [0.1, 0.15) is 17.3 Å². The molecule has 162 valence electrons. The van der Waals surface area contributed by atoms with E-state index in [4.69, 9.17) is 4.74 Å². The third-order valence-corrected chi connectivity index (χ3v) is 6.05. The number of fused-ring (bicyclic) bond motifs is 1. The first kappa shape index (κ1) is 22.4. The second kappa shape index (κ2) is 9.22. The second-order valence-electron chi connectivity index (χ2n) is 6.54. The molecule has 3 rings (SSSR count). The van der Waals surface area contributed by atoms with Crippen LogP contribution >= 0.6 is 0 Å². The van der Waals surface area contributed by atoms with Crippen molar-refractivity contribution in [2.45, 2.75) is 17.6 Å². The molecule has 0 spiro atoms. The number of likely N-dealkylation sites (N-methyl/N-ethyl adjacent to an activating group) is 1. The number of ether oxygens (including phenoxy) is 1.